The summed E-state index contributed by atoms with van der Waals surface area (Å²) in [5.74, 6) is 0.355. The highest BCUT2D eigenvalue weighted by Gasteiger charge is 2.27. The van der Waals surface area contributed by atoms with Crippen LogP contribution in [0.4, 0.5) is 11.4 Å². The number of carbonyl (C=O) groups excluding carboxylic acids is 2. The number of nitrogens with zero attached hydrogens (tertiary/aromatic N) is 2. The molecule has 1 fully saturated rings. The molecule has 1 aliphatic carbocycles. The molecule has 2 amide bonds. The Morgan fingerprint density at radius 3 is 2.26 bits per heavy atom. The summed E-state index contributed by atoms with van der Waals surface area (Å²) in [6.45, 7) is 8.87. The fourth-order valence-electron chi connectivity index (χ4n) is 4.75. The number of amides is 2. The lowest BCUT2D eigenvalue weighted by molar-refractivity contribution is -0.136. The number of rotatable bonds is 8. The Labute approximate surface area is 205 Å². The molecule has 3 rings (SSSR count). The Kier molecular flexibility index (Phi) is 8.40. The molecule has 1 saturated carbocycles. The molecule has 2 aromatic rings. The van der Waals surface area contributed by atoms with Gasteiger partial charge in [0.1, 0.15) is 0 Å². The van der Waals surface area contributed by atoms with Crippen molar-refractivity contribution < 1.29 is 9.59 Å². The SMILES string of the molecule is CC(c1ccccc1)N(Cc1cc(NC(=O)C2CCCC2)ccc1N(C)C)C(=O)CC(C)(C)C. The van der Waals surface area contributed by atoms with Gasteiger partial charge in [-0.25, -0.2) is 0 Å². The molecule has 1 aliphatic rings. The van der Waals surface area contributed by atoms with Gasteiger partial charge in [0.2, 0.25) is 11.8 Å². The molecule has 34 heavy (non-hydrogen) atoms. The van der Waals surface area contributed by atoms with Crippen LogP contribution in [0.5, 0.6) is 0 Å². The van der Waals surface area contributed by atoms with Crippen molar-refractivity contribution in [2.75, 3.05) is 24.3 Å². The molecule has 5 nitrogen and oxygen atoms in total. The maximum atomic E-state index is 13.5. The van der Waals surface area contributed by atoms with Gasteiger partial charge in [-0.2, -0.15) is 0 Å². The average Bonchev–Trinajstić information content (AvgIpc) is 3.31. The fraction of sp³-hybridized carbons (Fsp3) is 0.517. The number of anilines is 2. The molecule has 0 spiro atoms. The number of carbonyl (C=O) groups is 2. The molecule has 184 valence electrons. The molecule has 0 saturated heterocycles. The van der Waals surface area contributed by atoms with Crippen molar-refractivity contribution in [1.29, 1.82) is 0 Å². The normalized spacial score (nSPS) is 15.1. The van der Waals surface area contributed by atoms with E-state index in [1.807, 2.05) is 55.4 Å². The van der Waals surface area contributed by atoms with Gasteiger partial charge >= 0.3 is 0 Å². The average molecular weight is 464 g/mol. The van der Waals surface area contributed by atoms with Crippen molar-refractivity contribution in [2.24, 2.45) is 11.3 Å². The summed E-state index contributed by atoms with van der Waals surface area (Å²) in [6, 6.07) is 16.2. The van der Waals surface area contributed by atoms with E-state index in [4.69, 9.17) is 0 Å². The van der Waals surface area contributed by atoms with E-state index >= 15 is 0 Å². The predicted octanol–water partition coefficient (Wildman–Crippen LogP) is 6.41. The lowest BCUT2D eigenvalue weighted by Gasteiger charge is -2.33. The monoisotopic (exact) mass is 463 g/mol. The molecule has 0 radical (unpaired) electrons. The van der Waals surface area contributed by atoms with E-state index in [1.54, 1.807) is 0 Å². The minimum atomic E-state index is -0.104. The van der Waals surface area contributed by atoms with Crippen LogP contribution < -0.4 is 10.2 Å². The highest BCUT2D eigenvalue weighted by Crippen LogP contribution is 2.32. The largest absolute Gasteiger partial charge is 0.377 e. The Bertz CT molecular complexity index is 973. The van der Waals surface area contributed by atoms with Crippen molar-refractivity contribution in [2.45, 2.75) is 72.4 Å². The van der Waals surface area contributed by atoms with E-state index < -0.39 is 0 Å². The molecular weight excluding hydrogens is 422 g/mol. The van der Waals surface area contributed by atoms with E-state index in [0.29, 0.717) is 13.0 Å². The van der Waals surface area contributed by atoms with Gasteiger partial charge in [-0.1, -0.05) is 63.9 Å². The van der Waals surface area contributed by atoms with Gasteiger partial charge in [0.05, 0.1) is 6.04 Å². The van der Waals surface area contributed by atoms with E-state index in [0.717, 1.165) is 48.2 Å². The maximum Gasteiger partial charge on any atom is 0.227 e. The van der Waals surface area contributed by atoms with Gasteiger partial charge in [0.25, 0.3) is 0 Å². The number of hydrogen-bond donors (Lipinski definition) is 1. The van der Waals surface area contributed by atoms with Crippen molar-refractivity contribution >= 4 is 23.2 Å². The first-order valence-electron chi connectivity index (χ1n) is 12.5. The van der Waals surface area contributed by atoms with E-state index in [-0.39, 0.29) is 29.2 Å². The van der Waals surface area contributed by atoms with E-state index in [9.17, 15) is 9.59 Å². The van der Waals surface area contributed by atoms with Crippen molar-refractivity contribution in [1.82, 2.24) is 4.90 Å². The first-order chi connectivity index (χ1) is 16.0. The van der Waals surface area contributed by atoms with Crippen LogP contribution in [0.3, 0.4) is 0 Å². The summed E-state index contributed by atoms with van der Waals surface area (Å²) in [6.07, 6.45) is 4.67. The Balaban J connectivity index is 1.92. The van der Waals surface area contributed by atoms with Crippen LogP contribution in [0, 0.1) is 11.3 Å². The zero-order chi connectivity index (χ0) is 24.9. The lowest BCUT2D eigenvalue weighted by Crippen LogP contribution is -2.35. The quantitative estimate of drug-likeness (QED) is 0.492. The van der Waals surface area contributed by atoms with Gasteiger partial charge in [0, 0.05) is 44.4 Å². The van der Waals surface area contributed by atoms with Crippen molar-refractivity contribution in [3.63, 3.8) is 0 Å². The van der Waals surface area contributed by atoms with Crippen LogP contribution in [-0.2, 0) is 16.1 Å². The third-order valence-corrected chi connectivity index (χ3v) is 6.65. The summed E-state index contributed by atoms with van der Waals surface area (Å²) in [5.41, 5.74) is 3.88. The van der Waals surface area contributed by atoms with Crippen molar-refractivity contribution in [3.8, 4) is 0 Å². The molecule has 1 N–H and O–H groups in total. The zero-order valence-electron chi connectivity index (χ0n) is 21.7. The first kappa shape index (κ1) is 25.8. The minimum Gasteiger partial charge on any atom is -0.377 e. The maximum absolute atomic E-state index is 13.5. The molecule has 1 unspecified atom stereocenters. The summed E-state index contributed by atoms with van der Waals surface area (Å²) in [5, 5.41) is 3.13. The predicted molar refractivity (Wildman–Crippen MR) is 141 cm³/mol. The van der Waals surface area contributed by atoms with E-state index in [2.05, 4.69) is 50.0 Å². The van der Waals surface area contributed by atoms with Crippen molar-refractivity contribution in [3.05, 3.63) is 59.7 Å². The van der Waals surface area contributed by atoms with Gasteiger partial charge in [-0.15, -0.1) is 0 Å². The van der Waals surface area contributed by atoms with Crippen LogP contribution in [0.15, 0.2) is 48.5 Å². The highest BCUT2D eigenvalue weighted by molar-refractivity contribution is 5.93. The molecular formula is C29H41N3O2. The second-order valence-electron chi connectivity index (χ2n) is 11.1. The van der Waals surface area contributed by atoms with Crippen LogP contribution in [0.1, 0.15) is 77.0 Å². The smallest absolute Gasteiger partial charge is 0.227 e. The highest BCUT2D eigenvalue weighted by atomic mass is 16.2. The standard InChI is InChI=1S/C29H41N3O2/c1-21(22-12-8-7-9-13-22)32(27(33)19-29(2,3)4)20-24-18-25(16-17-26(24)31(5)6)30-28(34)23-14-10-11-15-23/h7-9,12-13,16-18,21,23H,10-11,14-15,19-20H2,1-6H3,(H,30,34). The van der Waals surface area contributed by atoms with Crippen LogP contribution >= 0.6 is 0 Å². The van der Waals surface area contributed by atoms with Crippen LogP contribution in [0.2, 0.25) is 0 Å². The number of nitrogens with one attached hydrogen (secondary N) is 1. The Morgan fingerprint density at radius 1 is 1.03 bits per heavy atom. The Hall–Kier alpha value is -2.82. The second-order valence-corrected chi connectivity index (χ2v) is 11.1. The van der Waals surface area contributed by atoms with Gasteiger partial charge in [0.15, 0.2) is 0 Å². The summed E-state index contributed by atoms with van der Waals surface area (Å²) in [7, 11) is 4.02. The van der Waals surface area contributed by atoms with Gasteiger partial charge in [-0.05, 0) is 54.5 Å². The molecule has 0 aromatic heterocycles. The molecule has 2 aromatic carbocycles. The molecule has 0 heterocycles. The topological polar surface area (TPSA) is 52.7 Å². The van der Waals surface area contributed by atoms with Gasteiger partial charge in [-0.3, -0.25) is 9.59 Å². The van der Waals surface area contributed by atoms with Gasteiger partial charge < -0.3 is 15.1 Å². The molecule has 0 bridgehead atoms. The zero-order valence-corrected chi connectivity index (χ0v) is 21.7. The molecule has 1 atom stereocenters. The molecule has 0 aliphatic heterocycles. The van der Waals surface area contributed by atoms with E-state index in [1.165, 1.54) is 0 Å². The first-order valence-corrected chi connectivity index (χ1v) is 12.5. The fourth-order valence-corrected chi connectivity index (χ4v) is 4.75. The second kappa shape index (κ2) is 11.1. The third kappa shape index (κ3) is 6.85. The number of hydrogen-bond acceptors (Lipinski definition) is 3. The third-order valence-electron chi connectivity index (χ3n) is 6.65. The number of benzene rings is 2. The minimum absolute atomic E-state index is 0.0669. The van der Waals surface area contributed by atoms with Crippen LogP contribution in [-0.4, -0.2) is 30.8 Å². The Morgan fingerprint density at radius 2 is 1.68 bits per heavy atom. The molecule has 5 heteroatoms. The summed E-state index contributed by atoms with van der Waals surface area (Å²) in [4.78, 5) is 30.3. The summed E-state index contributed by atoms with van der Waals surface area (Å²) >= 11 is 0. The van der Waals surface area contributed by atoms with Crippen LogP contribution in [0.25, 0.3) is 0 Å². The lowest BCUT2D eigenvalue weighted by atomic mass is 9.91. The summed E-state index contributed by atoms with van der Waals surface area (Å²) < 4.78 is 0.